The number of hydrogen-bond acceptors (Lipinski definition) is 5. The Kier molecular flexibility index (Phi) is 5.89. The minimum atomic E-state index is -0.851. The summed E-state index contributed by atoms with van der Waals surface area (Å²) < 4.78 is 10.6. The highest BCUT2D eigenvalue weighted by Crippen LogP contribution is 2.44. The molecule has 0 fully saturated rings. The third-order valence-electron chi connectivity index (χ3n) is 5.78. The number of aromatic amines is 1. The number of benzene rings is 2. The van der Waals surface area contributed by atoms with Crippen molar-refractivity contribution in [2.24, 2.45) is 0 Å². The number of halogens is 1. The third kappa shape index (κ3) is 3.54. The van der Waals surface area contributed by atoms with Crippen molar-refractivity contribution in [3.05, 3.63) is 64.8 Å². The summed E-state index contributed by atoms with van der Waals surface area (Å²) in [5.41, 5.74) is 3.93. The molecule has 0 spiro atoms. The number of rotatable bonds is 5. The summed E-state index contributed by atoms with van der Waals surface area (Å²) in [6.07, 6.45) is 0.299. The number of nitrogens with one attached hydrogen (secondary N) is 1. The van der Waals surface area contributed by atoms with Crippen LogP contribution in [0.15, 0.2) is 42.5 Å². The number of H-pyrrole nitrogens is 1. The van der Waals surface area contributed by atoms with E-state index in [0.717, 1.165) is 22.2 Å². The van der Waals surface area contributed by atoms with Crippen LogP contribution in [0.25, 0.3) is 10.9 Å². The lowest BCUT2D eigenvalue weighted by atomic mass is 9.87. The van der Waals surface area contributed by atoms with Crippen LogP contribution in [-0.4, -0.2) is 53.0 Å². The highest BCUT2D eigenvalue weighted by molar-refractivity contribution is 6.27. The van der Waals surface area contributed by atoms with Gasteiger partial charge in [-0.05, 0) is 29.3 Å². The SMILES string of the molecule is COC(=O)C1Cc2c([nH]c3ccccc23)C(c2cc(CO)ccc2OC)N1C(=O)CCl. The van der Waals surface area contributed by atoms with E-state index in [9.17, 15) is 14.7 Å². The predicted octanol–water partition coefficient (Wildman–Crippen LogP) is 2.92. The van der Waals surface area contributed by atoms with Gasteiger partial charge in [-0.25, -0.2) is 4.79 Å². The molecule has 2 heterocycles. The zero-order valence-electron chi connectivity index (χ0n) is 17.2. The molecule has 2 unspecified atom stereocenters. The van der Waals surface area contributed by atoms with E-state index in [0.29, 0.717) is 23.3 Å². The van der Waals surface area contributed by atoms with Crippen molar-refractivity contribution in [1.29, 1.82) is 0 Å². The Labute approximate surface area is 184 Å². The number of hydrogen-bond donors (Lipinski definition) is 2. The van der Waals surface area contributed by atoms with Crippen molar-refractivity contribution in [1.82, 2.24) is 9.88 Å². The van der Waals surface area contributed by atoms with Gasteiger partial charge in [-0.3, -0.25) is 4.79 Å². The van der Waals surface area contributed by atoms with Crippen LogP contribution in [-0.2, 0) is 27.4 Å². The molecule has 2 aromatic carbocycles. The number of para-hydroxylation sites is 1. The van der Waals surface area contributed by atoms with Crippen molar-refractivity contribution in [2.45, 2.75) is 25.1 Å². The second kappa shape index (κ2) is 8.61. The number of aliphatic hydroxyl groups is 1. The molecule has 1 aliphatic rings. The van der Waals surface area contributed by atoms with Crippen LogP contribution in [0.5, 0.6) is 5.75 Å². The molecule has 8 heteroatoms. The van der Waals surface area contributed by atoms with Gasteiger partial charge in [-0.2, -0.15) is 0 Å². The fourth-order valence-electron chi connectivity index (χ4n) is 4.41. The number of fused-ring (bicyclic) bond motifs is 3. The number of methoxy groups -OCH3 is 2. The van der Waals surface area contributed by atoms with Crippen LogP contribution in [0.3, 0.4) is 0 Å². The first kappa shape index (κ1) is 21.2. The summed E-state index contributed by atoms with van der Waals surface area (Å²) in [6.45, 7) is -0.173. The Morgan fingerprint density at radius 3 is 2.68 bits per heavy atom. The Hall–Kier alpha value is -3.03. The Bertz CT molecular complexity index is 1140. The second-order valence-electron chi connectivity index (χ2n) is 7.38. The smallest absolute Gasteiger partial charge is 0.328 e. The first-order valence-corrected chi connectivity index (χ1v) is 10.4. The Morgan fingerprint density at radius 2 is 2.00 bits per heavy atom. The molecular weight excluding hydrogens is 420 g/mol. The molecule has 3 aromatic rings. The number of carbonyl (C=O) groups is 2. The molecule has 0 radical (unpaired) electrons. The minimum Gasteiger partial charge on any atom is -0.496 e. The lowest BCUT2D eigenvalue weighted by Crippen LogP contribution is -2.52. The first-order chi connectivity index (χ1) is 15.0. The maximum absolute atomic E-state index is 13.0. The molecule has 0 aliphatic carbocycles. The highest BCUT2D eigenvalue weighted by atomic mass is 35.5. The molecule has 0 saturated heterocycles. The number of amides is 1. The molecule has 7 nitrogen and oxygen atoms in total. The lowest BCUT2D eigenvalue weighted by Gasteiger charge is -2.41. The van der Waals surface area contributed by atoms with Gasteiger partial charge in [0.15, 0.2) is 0 Å². The van der Waals surface area contributed by atoms with E-state index < -0.39 is 24.0 Å². The van der Waals surface area contributed by atoms with Crippen molar-refractivity contribution in [3.8, 4) is 5.75 Å². The van der Waals surface area contributed by atoms with E-state index in [1.54, 1.807) is 18.2 Å². The Balaban J connectivity index is 2.03. The van der Waals surface area contributed by atoms with E-state index in [1.807, 2.05) is 24.3 Å². The monoisotopic (exact) mass is 442 g/mol. The van der Waals surface area contributed by atoms with Crippen molar-refractivity contribution < 1.29 is 24.2 Å². The number of aromatic nitrogens is 1. The quantitative estimate of drug-likeness (QED) is 0.468. The maximum Gasteiger partial charge on any atom is 0.328 e. The molecule has 4 rings (SSSR count). The van der Waals surface area contributed by atoms with Gasteiger partial charge in [-0.15, -0.1) is 11.6 Å². The fourth-order valence-corrected chi connectivity index (χ4v) is 4.54. The van der Waals surface area contributed by atoms with Gasteiger partial charge in [0.25, 0.3) is 0 Å². The predicted molar refractivity (Wildman–Crippen MR) is 116 cm³/mol. The average molecular weight is 443 g/mol. The second-order valence-corrected chi connectivity index (χ2v) is 7.64. The van der Waals surface area contributed by atoms with E-state index in [-0.39, 0.29) is 12.5 Å². The average Bonchev–Trinajstić information content (AvgIpc) is 3.19. The molecule has 162 valence electrons. The molecule has 1 amide bonds. The number of esters is 1. The van der Waals surface area contributed by atoms with Crippen LogP contribution in [0.1, 0.15) is 28.4 Å². The van der Waals surface area contributed by atoms with Crippen LogP contribution >= 0.6 is 11.6 Å². The number of ether oxygens (including phenoxy) is 2. The van der Waals surface area contributed by atoms with E-state index >= 15 is 0 Å². The van der Waals surface area contributed by atoms with Gasteiger partial charge in [-0.1, -0.05) is 24.3 Å². The van der Waals surface area contributed by atoms with Crippen molar-refractivity contribution in [3.63, 3.8) is 0 Å². The van der Waals surface area contributed by atoms with Crippen molar-refractivity contribution >= 4 is 34.4 Å². The molecule has 31 heavy (non-hydrogen) atoms. The topological polar surface area (TPSA) is 91.9 Å². The van der Waals surface area contributed by atoms with Crippen LogP contribution in [0, 0.1) is 0 Å². The van der Waals surface area contributed by atoms with Crippen LogP contribution in [0.4, 0.5) is 0 Å². The summed E-state index contributed by atoms with van der Waals surface area (Å²) in [6, 6.07) is 11.5. The summed E-state index contributed by atoms with van der Waals surface area (Å²) in [5.74, 6) is -0.675. The molecular formula is C23H23ClN2O5. The number of alkyl halides is 1. The first-order valence-electron chi connectivity index (χ1n) is 9.86. The van der Waals surface area contributed by atoms with Gasteiger partial charge in [0.1, 0.15) is 23.7 Å². The molecule has 2 atom stereocenters. The van der Waals surface area contributed by atoms with E-state index in [4.69, 9.17) is 21.1 Å². The number of carbonyl (C=O) groups excluding carboxylic acids is 2. The zero-order chi connectivity index (χ0) is 22.1. The molecule has 0 bridgehead atoms. The zero-order valence-corrected chi connectivity index (χ0v) is 18.0. The molecule has 1 aromatic heterocycles. The summed E-state index contributed by atoms with van der Waals surface area (Å²) in [7, 11) is 2.84. The lowest BCUT2D eigenvalue weighted by molar-refractivity contribution is -0.154. The summed E-state index contributed by atoms with van der Waals surface area (Å²) in [4.78, 5) is 30.7. The van der Waals surface area contributed by atoms with Crippen LogP contribution in [0.2, 0.25) is 0 Å². The molecule has 1 aliphatic heterocycles. The van der Waals surface area contributed by atoms with E-state index in [2.05, 4.69) is 4.98 Å². The van der Waals surface area contributed by atoms with Crippen molar-refractivity contribution in [2.75, 3.05) is 20.1 Å². The van der Waals surface area contributed by atoms with E-state index in [1.165, 1.54) is 19.1 Å². The molecule has 0 saturated carbocycles. The van der Waals surface area contributed by atoms with Crippen LogP contribution < -0.4 is 4.74 Å². The largest absolute Gasteiger partial charge is 0.496 e. The summed E-state index contributed by atoms with van der Waals surface area (Å²) >= 11 is 5.96. The fraction of sp³-hybridized carbons (Fsp3) is 0.304. The minimum absolute atomic E-state index is 0.173. The number of aliphatic hydroxyl groups excluding tert-OH is 1. The highest BCUT2D eigenvalue weighted by Gasteiger charge is 2.44. The van der Waals surface area contributed by atoms with Gasteiger partial charge >= 0.3 is 5.97 Å². The number of nitrogens with zero attached hydrogens (tertiary/aromatic N) is 1. The Morgan fingerprint density at radius 1 is 1.23 bits per heavy atom. The standard InChI is InChI=1S/C23H23ClN2O5/c1-30-19-8-7-13(12-27)9-16(19)22-21-15(14-5-3-4-6-17(14)25-21)10-18(23(29)31-2)26(22)20(28)11-24/h3-9,18,22,25,27H,10-12H2,1-2H3. The summed E-state index contributed by atoms with van der Waals surface area (Å²) in [5, 5.41) is 10.7. The van der Waals surface area contributed by atoms with Gasteiger partial charge in [0.05, 0.1) is 20.8 Å². The maximum atomic E-state index is 13.0. The normalized spacial score (nSPS) is 18.0. The molecule has 2 N–H and O–H groups in total. The van der Waals surface area contributed by atoms with Gasteiger partial charge in [0.2, 0.25) is 5.91 Å². The van der Waals surface area contributed by atoms with Gasteiger partial charge in [0, 0.05) is 28.6 Å². The third-order valence-corrected chi connectivity index (χ3v) is 6.01. The van der Waals surface area contributed by atoms with Gasteiger partial charge < -0.3 is 24.5 Å².